The summed E-state index contributed by atoms with van der Waals surface area (Å²) in [6, 6.07) is 10.7. The summed E-state index contributed by atoms with van der Waals surface area (Å²) in [5.74, 6) is 12.1. The lowest BCUT2D eigenvalue weighted by Crippen LogP contribution is -2.13. The number of unbranched alkanes of at least 4 members (excludes halogenated alkanes) is 3. The first-order chi connectivity index (χ1) is 15.1. The molecule has 0 unspecified atom stereocenters. The van der Waals surface area contributed by atoms with Crippen molar-refractivity contribution < 1.29 is 8.78 Å². The molecule has 0 N–H and O–H groups in total. The van der Waals surface area contributed by atoms with Crippen molar-refractivity contribution in [2.75, 3.05) is 0 Å². The number of benzene rings is 2. The highest BCUT2D eigenvalue weighted by Gasteiger charge is 2.25. The zero-order valence-electron chi connectivity index (χ0n) is 18.7. The molecule has 0 nitrogen and oxygen atoms in total. The molecule has 0 aromatic heterocycles. The quantitative estimate of drug-likeness (QED) is 0.343. The fraction of sp³-hybridized carbons (Fsp3) is 0.448. The smallest absolute Gasteiger partial charge is 0.130 e. The van der Waals surface area contributed by atoms with Crippen LogP contribution in [0, 0.1) is 41.2 Å². The normalized spacial score (nSPS) is 17.9. The molecular formula is C29H32F2. The zero-order valence-corrected chi connectivity index (χ0v) is 18.7. The zero-order chi connectivity index (χ0) is 22.1. The van der Waals surface area contributed by atoms with Crippen LogP contribution in [0.5, 0.6) is 0 Å². The summed E-state index contributed by atoms with van der Waals surface area (Å²) >= 11 is 0. The van der Waals surface area contributed by atoms with Gasteiger partial charge in [-0.3, -0.25) is 0 Å². The molecule has 1 aliphatic carbocycles. The van der Waals surface area contributed by atoms with Crippen LogP contribution in [0.25, 0.3) is 0 Å². The fourth-order valence-electron chi connectivity index (χ4n) is 4.16. The van der Waals surface area contributed by atoms with Crippen LogP contribution in [0.1, 0.15) is 93.4 Å². The Bertz CT molecular complexity index is 948. The van der Waals surface area contributed by atoms with Crippen LogP contribution < -0.4 is 0 Å². The number of hydrogen-bond acceptors (Lipinski definition) is 0. The lowest BCUT2D eigenvalue weighted by molar-refractivity contribution is 0.335. The van der Waals surface area contributed by atoms with Gasteiger partial charge in [-0.15, -0.1) is 5.92 Å². The van der Waals surface area contributed by atoms with Gasteiger partial charge in [-0.25, -0.2) is 8.78 Å². The van der Waals surface area contributed by atoms with E-state index in [1.807, 2.05) is 24.3 Å². The van der Waals surface area contributed by atoms with Crippen LogP contribution >= 0.6 is 0 Å². The van der Waals surface area contributed by atoms with Gasteiger partial charge < -0.3 is 0 Å². The van der Waals surface area contributed by atoms with Crippen molar-refractivity contribution >= 4 is 0 Å². The molecule has 0 spiro atoms. The van der Waals surface area contributed by atoms with Gasteiger partial charge in [0, 0.05) is 29.5 Å². The molecule has 0 atom stereocenters. The summed E-state index contributed by atoms with van der Waals surface area (Å²) in [7, 11) is 0. The van der Waals surface area contributed by atoms with E-state index in [4.69, 9.17) is 0 Å². The van der Waals surface area contributed by atoms with E-state index in [1.165, 1.54) is 31.4 Å². The first-order valence-corrected chi connectivity index (χ1v) is 11.6. The van der Waals surface area contributed by atoms with Crippen molar-refractivity contribution in [1.29, 1.82) is 0 Å². The number of rotatable bonds is 5. The Morgan fingerprint density at radius 3 is 2.13 bits per heavy atom. The van der Waals surface area contributed by atoms with E-state index in [2.05, 4.69) is 37.5 Å². The highest BCUT2D eigenvalue weighted by atomic mass is 19.1. The minimum Gasteiger partial charge on any atom is -0.207 e. The molecule has 0 saturated heterocycles. The fourth-order valence-corrected chi connectivity index (χ4v) is 4.16. The molecule has 162 valence electrons. The summed E-state index contributed by atoms with van der Waals surface area (Å²) in [5.41, 5.74) is 2.60. The molecule has 31 heavy (non-hydrogen) atoms. The Morgan fingerprint density at radius 2 is 1.48 bits per heavy atom. The molecule has 0 radical (unpaired) electrons. The van der Waals surface area contributed by atoms with Crippen LogP contribution in [0.4, 0.5) is 8.78 Å². The van der Waals surface area contributed by atoms with Gasteiger partial charge in [0.15, 0.2) is 0 Å². The van der Waals surface area contributed by atoms with E-state index >= 15 is 0 Å². The van der Waals surface area contributed by atoms with Crippen LogP contribution in [0.15, 0.2) is 36.4 Å². The summed E-state index contributed by atoms with van der Waals surface area (Å²) in [6.07, 6.45) is 9.09. The van der Waals surface area contributed by atoms with Crippen LogP contribution in [-0.4, -0.2) is 0 Å². The van der Waals surface area contributed by atoms with Crippen molar-refractivity contribution in [1.82, 2.24) is 0 Å². The van der Waals surface area contributed by atoms with E-state index in [-0.39, 0.29) is 11.5 Å². The summed E-state index contributed by atoms with van der Waals surface area (Å²) in [6.45, 7) is 4.40. The van der Waals surface area contributed by atoms with Gasteiger partial charge >= 0.3 is 0 Å². The molecule has 3 rings (SSSR count). The molecular weight excluding hydrogens is 386 g/mol. The Morgan fingerprint density at radius 1 is 0.839 bits per heavy atom. The maximum Gasteiger partial charge on any atom is 0.130 e. The average Bonchev–Trinajstić information content (AvgIpc) is 2.76. The first kappa shape index (κ1) is 23.1. The monoisotopic (exact) mass is 418 g/mol. The van der Waals surface area contributed by atoms with E-state index in [0.717, 1.165) is 49.7 Å². The second-order valence-electron chi connectivity index (χ2n) is 8.74. The Balaban J connectivity index is 1.62. The highest BCUT2D eigenvalue weighted by Crippen LogP contribution is 2.38. The van der Waals surface area contributed by atoms with Crippen molar-refractivity contribution in [3.63, 3.8) is 0 Å². The summed E-state index contributed by atoms with van der Waals surface area (Å²) < 4.78 is 29.3. The third-order valence-corrected chi connectivity index (χ3v) is 6.13. The molecule has 2 aromatic carbocycles. The van der Waals surface area contributed by atoms with Crippen molar-refractivity contribution in [2.45, 2.75) is 77.6 Å². The van der Waals surface area contributed by atoms with E-state index in [0.29, 0.717) is 11.5 Å². The van der Waals surface area contributed by atoms with E-state index in [1.54, 1.807) is 0 Å². The number of halogens is 2. The molecule has 2 aromatic rings. The highest BCUT2D eigenvalue weighted by molar-refractivity contribution is 5.45. The minimum atomic E-state index is -0.461. The molecule has 1 fully saturated rings. The minimum absolute atomic E-state index is 0.0134. The van der Waals surface area contributed by atoms with E-state index < -0.39 is 11.6 Å². The standard InChI is InChI=1S/C29H32F2/c1-3-4-5-6-7-8-9-23-12-14-24(15-13-23)16-17-25-20-27(30)29(28(31)21-25)26-18-10-22(2)11-19-26/h12-15,20-22,26H,3-6,9-11,18-19H2,1-2H3. The van der Waals surface area contributed by atoms with Crippen LogP contribution in [-0.2, 0) is 6.42 Å². The second-order valence-corrected chi connectivity index (χ2v) is 8.74. The van der Waals surface area contributed by atoms with Crippen molar-refractivity contribution in [3.05, 3.63) is 70.3 Å². The Labute approximate surface area is 186 Å². The molecule has 1 aliphatic rings. The summed E-state index contributed by atoms with van der Waals surface area (Å²) in [5, 5.41) is 0. The van der Waals surface area contributed by atoms with Gasteiger partial charge in [0.2, 0.25) is 0 Å². The van der Waals surface area contributed by atoms with Gasteiger partial charge in [-0.05, 0) is 60.9 Å². The topological polar surface area (TPSA) is 0 Å². The molecule has 0 heterocycles. The summed E-state index contributed by atoms with van der Waals surface area (Å²) in [4.78, 5) is 0. The Kier molecular flexibility index (Phi) is 8.73. The Hall–Kier alpha value is -2.58. The van der Waals surface area contributed by atoms with Gasteiger partial charge in [0.05, 0.1) is 0 Å². The van der Waals surface area contributed by atoms with Gasteiger partial charge in [0.1, 0.15) is 11.6 Å². The van der Waals surface area contributed by atoms with Crippen molar-refractivity contribution in [2.24, 2.45) is 5.92 Å². The van der Waals surface area contributed by atoms with Crippen molar-refractivity contribution in [3.8, 4) is 23.7 Å². The third-order valence-electron chi connectivity index (χ3n) is 6.13. The molecule has 0 bridgehead atoms. The SMILES string of the molecule is CCCCCC#CCc1ccc(C#Cc2cc(F)c(C3CCC(C)CC3)c(F)c2)cc1. The van der Waals surface area contributed by atoms with Crippen LogP contribution in [0.2, 0.25) is 0 Å². The molecule has 0 aliphatic heterocycles. The van der Waals surface area contributed by atoms with Gasteiger partial charge in [-0.2, -0.15) is 0 Å². The second kappa shape index (κ2) is 11.7. The maximum atomic E-state index is 14.7. The average molecular weight is 419 g/mol. The predicted octanol–water partition coefficient (Wildman–Crippen LogP) is 7.78. The maximum absolute atomic E-state index is 14.7. The largest absolute Gasteiger partial charge is 0.207 e. The molecule has 0 amide bonds. The van der Waals surface area contributed by atoms with Crippen LogP contribution in [0.3, 0.4) is 0 Å². The molecule has 1 saturated carbocycles. The first-order valence-electron chi connectivity index (χ1n) is 11.6. The predicted molar refractivity (Wildman–Crippen MR) is 125 cm³/mol. The molecule has 2 heteroatoms. The van der Waals surface area contributed by atoms with Gasteiger partial charge in [0.25, 0.3) is 0 Å². The lowest BCUT2D eigenvalue weighted by Gasteiger charge is -2.27. The number of hydrogen-bond donors (Lipinski definition) is 0. The third kappa shape index (κ3) is 6.97. The lowest BCUT2D eigenvalue weighted by atomic mass is 9.79. The van der Waals surface area contributed by atoms with Gasteiger partial charge in [-0.1, -0.05) is 69.4 Å². The van der Waals surface area contributed by atoms with E-state index in [9.17, 15) is 8.78 Å².